The number of aliphatic hydroxyl groups excluding tert-OH is 1. The monoisotopic (exact) mass is 170 g/mol. The highest BCUT2D eigenvalue weighted by Gasteiger charge is 2.43. The summed E-state index contributed by atoms with van der Waals surface area (Å²) >= 11 is 0. The summed E-state index contributed by atoms with van der Waals surface area (Å²) in [5.41, 5.74) is 1.82. The predicted molar refractivity (Wildman–Crippen MR) is 44.5 cm³/mol. The second-order valence-corrected chi connectivity index (χ2v) is 3.02. The summed E-state index contributed by atoms with van der Waals surface area (Å²) in [7, 11) is 1.36. The molecule has 0 radical (unpaired) electrons. The molecule has 1 N–H and O–H groups in total. The number of aliphatic hydroxyl groups is 1. The van der Waals surface area contributed by atoms with E-state index in [0.29, 0.717) is 6.42 Å². The molecule has 68 valence electrons. The van der Waals surface area contributed by atoms with Crippen molar-refractivity contribution in [1.82, 2.24) is 0 Å². The molecular formula is C9H14O3. The summed E-state index contributed by atoms with van der Waals surface area (Å²) in [6.07, 6.45) is 0.189. The van der Waals surface area contributed by atoms with Crippen molar-refractivity contribution < 1.29 is 14.6 Å². The van der Waals surface area contributed by atoms with Crippen LogP contribution in [0, 0.1) is 5.92 Å². The van der Waals surface area contributed by atoms with Gasteiger partial charge in [0.25, 0.3) is 0 Å². The Morgan fingerprint density at radius 1 is 1.75 bits per heavy atom. The lowest BCUT2D eigenvalue weighted by molar-refractivity contribution is -0.141. The molecule has 0 amide bonds. The predicted octanol–water partition coefficient (Wildman–Crippen LogP) is 0.877. The van der Waals surface area contributed by atoms with E-state index in [-0.39, 0.29) is 11.9 Å². The van der Waals surface area contributed by atoms with Gasteiger partial charge in [0, 0.05) is 0 Å². The normalized spacial score (nSPS) is 23.8. The lowest BCUT2D eigenvalue weighted by atomic mass is 10.1. The lowest BCUT2D eigenvalue weighted by Gasteiger charge is -2.03. The van der Waals surface area contributed by atoms with Crippen LogP contribution in [-0.4, -0.2) is 24.3 Å². The first-order valence-corrected chi connectivity index (χ1v) is 4.09. The number of carbonyl (C=O) groups is 1. The first-order valence-electron chi connectivity index (χ1n) is 4.09. The van der Waals surface area contributed by atoms with E-state index < -0.39 is 6.10 Å². The highest BCUT2D eigenvalue weighted by atomic mass is 16.5. The summed E-state index contributed by atoms with van der Waals surface area (Å²) in [5, 5.41) is 9.42. The van der Waals surface area contributed by atoms with Gasteiger partial charge in [0.1, 0.15) is 5.92 Å². The van der Waals surface area contributed by atoms with Gasteiger partial charge in [-0.15, -0.1) is 0 Å². The Labute approximate surface area is 72.0 Å². The topological polar surface area (TPSA) is 46.5 Å². The molecule has 12 heavy (non-hydrogen) atoms. The maximum atomic E-state index is 11.0. The van der Waals surface area contributed by atoms with Gasteiger partial charge < -0.3 is 9.84 Å². The van der Waals surface area contributed by atoms with Gasteiger partial charge in [-0.3, -0.25) is 4.79 Å². The SMILES string of the molecule is CCC(O)C1=C(C)C1C(=O)OC. The Kier molecular flexibility index (Phi) is 2.52. The fourth-order valence-electron chi connectivity index (χ4n) is 1.45. The molecule has 2 unspecified atom stereocenters. The van der Waals surface area contributed by atoms with Crippen molar-refractivity contribution >= 4 is 5.97 Å². The highest BCUT2D eigenvalue weighted by molar-refractivity contribution is 5.86. The zero-order chi connectivity index (χ0) is 9.30. The Bertz CT molecular complexity index is 230. The summed E-state index contributed by atoms with van der Waals surface area (Å²) < 4.78 is 4.58. The summed E-state index contributed by atoms with van der Waals surface area (Å²) in [4.78, 5) is 11.0. The molecule has 0 spiro atoms. The molecule has 0 aromatic rings. The lowest BCUT2D eigenvalue weighted by Crippen LogP contribution is -2.11. The average molecular weight is 170 g/mol. The van der Waals surface area contributed by atoms with E-state index >= 15 is 0 Å². The van der Waals surface area contributed by atoms with Crippen molar-refractivity contribution in [3.8, 4) is 0 Å². The fourth-order valence-corrected chi connectivity index (χ4v) is 1.45. The molecule has 0 aromatic heterocycles. The summed E-state index contributed by atoms with van der Waals surface area (Å²) in [6.45, 7) is 3.74. The van der Waals surface area contributed by atoms with Crippen molar-refractivity contribution in [2.45, 2.75) is 26.4 Å². The Hall–Kier alpha value is -0.830. The zero-order valence-corrected chi connectivity index (χ0v) is 7.63. The number of methoxy groups -OCH3 is 1. The van der Waals surface area contributed by atoms with Gasteiger partial charge in [0.15, 0.2) is 0 Å². The van der Waals surface area contributed by atoms with E-state index in [0.717, 1.165) is 11.1 Å². The standard InChI is InChI=1S/C9H14O3/c1-4-6(10)7-5(2)8(7)9(11)12-3/h6,8,10H,4H2,1-3H3. The first-order chi connectivity index (χ1) is 5.63. The molecule has 3 nitrogen and oxygen atoms in total. The quantitative estimate of drug-likeness (QED) is 0.505. The van der Waals surface area contributed by atoms with Crippen LogP contribution in [0.3, 0.4) is 0 Å². The largest absolute Gasteiger partial charge is 0.468 e. The molecule has 0 bridgehead atoms. The van der Waals surface area contributed by atoms with E-state index in [4.69, 9.17) is 0 Å². The smallest absolute Gasteiger partial charge is 0.317 e. The molecule has 0 heterocycles. The third-order valence-corrected chi connectivity index (χ3v) is 2.30. The fraction of sp³-hybridized carbons (Fsp3) is 0.667. The van der Waals surface area contributed by atoms with Crippen LogP contribution in [0.2, 0.25) is 0 Å². The Balaban J connectivity index is 2.55. The maximum Gasteiger partial charge on any atom is 0.317 e. The van der Waals surface area contributed by atoms with Crippen molar-refractivity contribution in [1.29, 1.82) is 0 Å². The molecule has 0 saturated carbocycles. The number of rotatable bonds is 3. The average Bonchev–Trinajstić information content (AvgIpc) is 2.74. The number of hydrogen-bond donors (Lipinski definition) is 1. The summed E-state index contributed by atoms with van der Waals surface area (Å²) in [5.74, 6) is -0.486. The van der Waals surface area contributed by atoms with E-state index in [9.17, 15) is 9.90 Å². The third-order valence-electron chi connectivity index (χ3n) is 2.30. The van der Waals surface area contributed by atoms with Crippen molar-refractivity contribution in [2.75, 3.05) is 7.11 Å². The minimum Gasteiger partial charge on any atom is -0.468 e. The van der Waals surface area contributed by atoms with E-state index in [2.05, 4.69) is 4.74 Å². The number of carbonyl (C=O) groups excluding carboxylic acids is 1. The highest BCUT2D eigenvalue weighted by Crippen LogP contribution is 2.42. The third kappa shape index (κ3) is 1.37. The van der Waals surface area contributed by atoms with Gasteiger partial charge in [-0.1, -0.05) is 12.5 Å². The number of esters is 1. The molecule has 0 saturated heterocycles. The molecule has 0 aromatic carbocycles. The van der Waals surface area contributed by atoms with E-state index in [1.807, 2.05) is 13.8 Å². The minimum atomic E-state index is -0.464. The molecule has 2 atom stereocenters. The molecule has 1 aliphatic carbocycles. The van der Waals surface area contributed by atoms with Crippen LogP contribution in [0.1, 0.15) is 20.3 Å². The molecule has 3 heteroatoms. The van der Waals surface area contributed by atoms with Gasteiger partial charge in [-0.05, 0) is 18.9 Å². The minimum absolute atomic E-state index is 0.232. The van der Waals surface area contributed by atoms with Crippen LogP contribution in [0.25, 0.3) is 0 Å². The van der Waals surface area contributed by atoms with Crippen LogP contribution >= 0.6 is 0 Å². The van der Waals surface area contributed by atoms with Crippen molar-refractivity contribution in [3.05, 3.63) is 11.1 Å². The van der Waals surface area contributed by atoms with Gasteiger partial charge in [-0.25, -0.2) is 0 Å². The molecule has 1 rings (SSSR count). The summed E-state index contributed by atoms with van der Waals surface area (Å²) in [6, 6.07) is 0. The van der Waals surface area contributed by atoms with Crippen LogP contribution in [0.15, 0.2) is 11.1 Å². The van der Waals surface area contributed by atoms with Crippen LogP contribution in [0.5, 0.6) is 0 Å². The molecule has 1 aliphatic rings. The number of hydrogen-bond acceptors (Lipinski definition) is 3. The molecular weight excluding hydrogens is 156 g/mol. The van der Waals surface area contributed by atoms with Crippen LogP contribution in [-0.2, 0) is 9.53 Å². The van der Waals surface area contributed by atoms with Gasteiger partial charge in [0.2, 0.25) is 0 Å². The van der Waals surface area contributed by atoms with Crippen molar-refractivity contribution in [2.24, 2.45) is 5.92 Å². The van der Waals surface area contributed by atoms with E-state index in [1.165, 1.54) is 7.11 Å². The zero-order valence-electron chi connectivity index (χ0n) is 7.63. The molecule has 0 aliphatic heterocycles. The van der Waals surface area contributed by atoms with Crippen LogP contribution in [0.4, 0.5) is 0 Å². The van der Waals surface area contributed by atoms with Crippen LogP contribution < -0.4 is 0 Å². The van der Waals surface area contributed by atoms with Gasteiger partial charge in [0.05, 0.1) is 13.2 Å². The van der Waals surface area contributed by atoms with Crippen molar-refractivity contribution in [3.63, 3.8) is 0 Å². The number of ether oxygens (including phenoxy) is 1. The maximum absolute atomic E-state index is 11.0. The second kappa shape index (κ2) is 3.27. The molecule has 0 fully saturated rings. The Morgan fingerprint density at radius 3 is 2.75 bits per heavy atom. The van der Waals surface area contributed by atoms with Gasteiger partial charge in [-0.2, -0.15) is 0 Å². The van der Waals surface area contributed by atoms with E-state index in [1.54, 1.807) is 0 Å². The first kappa shape index (κ1) is 9.26. The second-order valence-electron chi connectivity index (χ2n) is 3.02. The Morgan fingerprint density at radius 2 is 2.33 bits per heavy atom. The van der Waals surface area contributed by atoms with Gasteiger partial charge >= 0.3 is 5.97 Å².